The quantitative estimate of drug-likeness (QED) is 0.421. The van der Waals surface area contributed by atoms with Gasteiger partial charge in [0.05, 0.1) is 26.7 Å². The lowest BCUT2D eigenvalue weighted by Crippen LogP contribution is -2.62. The molecule has 2 heterocycles. The molecule has 0 unspecified atom stereocenters. The van der Waals surface area contributed by atoms with Crippen molar-refractivity contribution < 1.29 is 19.1 Å². The minimum absolute atomic E-state index is 0.0236. The molecule has 0 spiro atoms. The number of amides is 4. The summed E-state index contributed by atoms with van der Waals surface area (Å²) in [6, 6.07) is 25.4. The minimum atomic E-state index is -0.798. The number of hydrogen-bond donors (Lipinski definition) is 1. The van der Waals surface area contributed by atoms with E-state index in [4.69, 9.17) is 4.74 Å². The van der Waals surface area contributed by atoms with Crippen LogP contribution in [0.1, 0.15) is 22.7 Å². The van der Waals surface area contributed by atoms with Crippen LogP contribution < -0.4 is 10.1 Å². The first-order valence-electron chi connectivity index (χ1n) is 13.2. The number of carbonyl (C=O) groups is 3. The van der Waals surface area contributed by atoms with Gasteiger partial charge in [-0.25, -0.2) is 4.79 Å². The van der Waals surface area contributed by atoms with Gasteiger partial charge in [-0.15, -0.1) is 6.58 Å². The van der Waals surface area contributed by atoms with Crippen molar-refractivity contribution in [3.05, 3.63) is 114 Å². The van der Waals surface area contributed by atoms with Crippen LogP contribution in [-0.4, -0.2) is 70.6 Å². The Labute approximate surface area is 234 Å². The van der Waals surface area contributed by atoms with E-state index in [1.54, 1.807) is 28.0 Å². The summed E-state index contributed by atoms with van der Waals surface area (Å²) in [6.45, 7) is 4.98. The Morgan fingerprint density at radius 1 is 1.00 bits per heavy atom. The van der Waals surface area contributed by atoms with Gasteiger partial charge in [0.25, 0.3) is 5.91 Å². The zero-order valence-electron chi connectivity index (χ0n) is 22.5. The molecule has 2 aliphatic heterocycles. The van der Waals surface area contributed by atoms with Crippen LogP contribution >= 0.6 is 0 Å². The first kappa shape index (κ1) is 27.0. The lowest BCUT2D eigenvalue weighted by molar-refractivity contribution is -0.158. The van der Waals surface area contributed by atoms with Crippen molar-refractivity contribution in [3.63, 3.8) is 0 Å². The number of nitrogens with zero attached hydrogens (tertiary/aromatic N) is 4. The molecule has 9 nitrogen and oxygen atoms in total. The highest BCUT2D eigenvalue weighted by Gasteiger charge is 2.52. The monoisotopic (exact) mass is 539 g/mol. The fraction of sp³-hybridized carbons (Fsp3) is 0.258. The molecule has 4 amide bonds. The van der Waals surface area contributed by atoms with Crippen molar-refractivity contribution in [2.75, 3.05) is 26.7 Å². The molecule has 1 N–H and O–H groups in total. The molecule has 0 bridgehead atoms. The van der Waals surface area contributed by atoms with Crippen LogP contribution in [-0.2, 0) is 22.7 Å². The van der Waals surface area contributed by atoms with Gasteiger partial charge in [-0.1, -0.05) is 78.9 Å². The lowest BCUT2D eigenvalue weighted by Gasteiger charge is -2.46. The van der Waals surface area contributed by atoms with E-state index < -0.39 is 12.2 Å². The number of nitrogens with one attached hydrogen (secondary N) is 1. The molecule has 0 radical (unpaired) electrons. The molecule has 206 valence electrons. The minimum Gasteiger partial charge on any atom is -0.497 e. The van der Waals surface area contributed by atoms with E-state index in [-0.39, 0.29) is 37.5 Å². The third-order valence-corrected chi connectivity index (χ3v) is 7.24. The van der Waals surface area contributed by atoms with E-state index in [0.717, 1.165) is 22.4 Å². The van der Waals surface area contributed by atoms with Crippen LogP contribution in [0, 0.1) is 0 Å². The Balaban J connectivity index is 1.44. The third kappa shape index (κ3) is 5.55. The maximum Gasteiger partial charge on any atom is 0.332 e. The van der Waals surface area contributed by atoms with Gasteiger partial charge in [0.1, 0.15) is 18.0 Å². The zero-order valence-corrected chi connectivity index (χ0v) is 22.5. The average molecular weight is 540 g/mol. The SMILES string of the molecule is C=CCN(C(=O)NCc1ccccc1)N1CC(=O)N2[C@@H](c3ccccc3)C(=O)N(Cc3ccc(OC)cc3)C[C@@H]21. The van der Waals surface area contributed by atoms with E-state index in [1.807, 2.05) is 84.9 Å². The van der Waals surface area contributed by atoms with Crippen molar-refractivity contribution in [1.82, 2.24) is 25.1 Å². The van der Waals surface area contributed by atoms with E-state index >= 15 is 0 Å². The normalized spacial score (nSPS) is 18.8. The highest BCUT2D eigenvalue weighted by Crippen LogP contribution is 2.36. The molecule has 0 aromatic heterocycles. The molecular weight excluding hydrogens is 506 g/mol. The summed E-state index contributed by atoms with van der Waals surface area (Å²) >= 11 is 0. The number of rotatable bonds is 9. The highest BCUT2D eigenvalue weighted by atomic mass is 16.5. The summed E-state index contributed by atoms with van der Waals surface area (Å²) in [6.07, 6.45) is 1.10. The van der Waals surface area contributed by atoms with E-state index in [2.05, 4.69) is 11.9 Å². The number of ether oxygens (including phenoxy) is 1. The van der Waals surface area contributed by atoms with Gasteiger partial charge < -0.3 is 19.9 Å². The van der Waals surface area contributed by atoms with E-state index in [9.17, 15) is 14.4 Å². The third-order valence-electron chi connectivity index (χ3n) is 7.24. The van der Waals surface area contributed by atoms with Gasteiger partial charge in [-0.3, -0.25) is 14.6 Å². The number of benzene rings is 3. The number of hydrazine groups is 1. The smallest absolute Gasteiger partial charge is 0.332 e. The Bertz CT molecular complexity index is 1350. The fourth-order valence-electron chi connectivity index (χ4n) is 5.28. The van der Waals surface area contributed by atoms with Crippen LogP contribution in [0.5, 0.6) is 5.75 Å². The molecule has 2 atom stereocenters. The summed E-state index contributed by atoms with van der Waals surface area (Å²) < 4.78 is 5.27. The molecule has 3 aromatic carbocycles. The van der Waals surface area contributed by atoms with Crippen molar-refractivity contribution in [2.24, 2.45) is 0 Å². The van der Waals surface area contributed by atoms with Gasteiger partial charge in [0, 0.05) is 13.1 Å². The summed E-state index contributed by atoms with van der Waals surface area (Å²) in [7, 11) is 1.61. The van der Waals surface area contributed by atoms with Gasteiger partial charge in [-0.05, 0) is 28.8 Å². The molecule has 0 aliphatic carbocycles. The number of fused-ring (bicyclic) bond motifs is 1. The second kappa shape index (κ2) is 12.0. The molecule has 3 aromatic rings. The molecule has 2 aliphatic rings. The summed E-state index contributed by atoms with van der Waals surface area (Å²) in [5.74, 6) is 0.370. The summed E-state index contributed by atoms with van der Waals surface area (Å²) in [5.41, 5.74) is 2.64. The Hall–Kier alpha value is -4.63. The van der Waals surface area contributed by atoms with Crippen LogP contribution in [0.2, 0.25) is 0 Å². The fourth-order valence-corrected chi connectivity index (χ4v) is 5.28. The maximum atomic E-state index is 13.9. The first-order chi connectivity index (χ1) is 19.5. The average Bonchev–Trinajstić information content (AvgIpc) is 3.31. The molecule has 5 rings (SSSR count). The number of carbonyl (C=O) groups excluding carboxylic acids is 3. The number of urea groups is 1. The van der Waals surface area contributed by atoms with Crippen molar-refractivity contribution >= 4 is 17.8 Å². The Morgan fingerprint density at radius 3 is 2.33 bits per heavy atom. The summed E-state index contributed by atoms with van der Waals surface area (Å²) in [5, 5.41) is 6.23. The van der Waals surface area contributed by atoms with Crippen molar-refractivity contribution in [1.29, 1.82) is 0 Å². The highest BCUT2D eigenvalue weighted by molar-refractivity contribution is 5.92. The largest absolute Gasteiger partial charge is 0.497 e. The maximum absolute atomic E-state index is 13.9. The number of hydrogen-bond acceptors (Lipinski definition) is 5. The van der Waals surface area contributed by atoms with E-state index in [0.29, 0.717) is 13.1 Å². The molecular formula is C31H33N5O4. The van der Waals surface area contributed by atoms with E-state index in [1.165, 1.54) is 5.01 Å². The van der Waals surface area contributed by atoms with Crippen molar-refractivity contribution in [3.8, 4) is 5.75 Å². The predicted octanol–water partition coefficient (Wildman–Crippen LogP) is 3.56. The second-order valence-electron chi connectivity index (χ2n) is 9.77. The van der Waals surface area contributed by atoms with Gasteiger partial charge in [0.15, 0.2) is 0 Å². The molecule has 0 saturated carbocycles. The van der Waals surface area contributed by atoms with Gasteiger partial charge >= 0.3 is 6.03 Å². The van der Waals surface area contributed by atoms with Crippen LogP contribution in [0.4, 0.5) is 4.79 Å². The lowest BCUT2D eigenvalue weighted by atomic mass is 10.00. The zero-order chi connectivity index (χ0) is 28.1. The molecule has 2 fully saturated rings. The topological polar surface area (TPSA) is 85.4 Å². The number of methoxy groups -OCH3 is 1. The Morgan fingerprint density at radius 2 is 1.68 bits per heavy atom. The summed E-state index contributed by atoms with van der Waals surface area (Å²) in [4.78, 5) is 44.2. The number of piperazine rings is 1. The van der Waals surface area contributed by atoms with Gasteiger partial charge in [-0.2, -0.15) is 5.01 Å². The Kier molecular flexibility index (Phi) is 8.12. The van der Waals surface area contributed by atoms with Crippen molar-refractivity contribution in [2.45, 2.75) is 25.3 Å². The molecule has 9 heteroatoms. The van der Waals surface area contributed by atoms with Crippen LogP contribution in [0.25, 0.3) is 0 Å². The van der Waals surface area contributed by atoms with Crippen LogP contribution in [0.15, 0.2) is 97.6 Å². The van der Waals surface area contributed by atoms with Gasteiger partial charge in [0.2, 0.25) is 5.91 Å². The molecule has 40 heavy (non-hydrogen) atoms. The predicted molar refractivity (Wildman–Crippen MR) is 151 cm³/mol. The first-order valence-corrected chi connectivity index (χ1v) is 13.2. The standard InChI is InChI=1S/C31H33N5O4/c1-3-18-34(31(39)32-19-23-10-6-4-7-11-23)35-22-28(37)36-27(35)21-33(20-24-14-16-26(40-2)17-15-24)30(38)29(36)25-12-8-5-9-13-25/h3-17,27,29H,1,18-22H2,2H3,(H,32,39)/t27-,29+/m1/s1. The van der Waals surface area contributed by atoms with Crippen LogP contribution in [0.3, 0.4) is 0 Å². The molecule has 2 saturated heterocycles. The second-order valence-corrected chi connectivity index (χ2v) is 9.77.